The van der Waals surface area contributed by atoms with Gasteiger partial charge in [0.15, 0.2) is 0 Å². The SMILES string of the molecule is Oc1ccc(Cl)cc1C=N[C@H]1CCN(Cc2ccccc2)C1. The second-order valence-electron chi connectivity index (χ2n) is 5.64. The maximum Gasteiger partial charge on any atom is 0.124 e. The number of aliphatic imine (C=N–C) groups is 1. The first kappa shape index (κ1) is 15.1. The number of aromatic hydroxyl groups is 1. The van der Waals surface area contributed by atoms with Crippen molar-refractivity contribution in [2.45, 2.75) is 19.0 Å². The van der Waals surface area contributed by atoms with Crippen molar-refractivity contribution >= 4 is 17.8 Å². The molecule has 0 aromatic heterocycles. The fraction of sp³-hybridized carbons (Fsp3) is 0.278. The van der Waals surface area contributed by atoms with E-state index in [2.05, 4.69) is 34.2 Å². The molecule has 0 unspecified atom stereocenters. The fourth-order valence-electron chi connectivity index (χ4n) is 2.73. The summed E-state index contributed by atoms with van der Waals surface area (Å²) >= 11 is 5.94. The van der Waals surface area contributed by atoms with Crippen LogP contribution in [0.25, 0.3) is 0 Å². The number of halogens is 1. The van der Waals surface area contributed by atoms with Crippen LogP contribution in [0.5, 0.6) is 5.75 Å². The van der Waals surface area contributed by atoms with Gasteiger partial charge >= 0.3 is 0 Å². The monoisotopic (exact) mass is 314 g/mol. The molecular formula is C18H19ClN2O. The van der Waals surface area contributed by atoms with Crippen molar-refractivity contribution in [1.82, 2.24) is 4.90 Å². The van der Waals surface area contributed by atoms with Crippen LogP contribution in [0.15, 0.2) is 53.5 Å². The van der Waals surface area contributed by atoms with Gasteiger partial charge in [0.1, 0.15) is 5.75 Å². The number of phenolic OH excluding ortho intramolecular Hbond substituents is 1. The van der Waals surface area contributed by atoms with Crippen molar-refractivity contribution in [1.29, 1.82) is 0 Å². The van der Waals surface area contributed by atoms with Crippen LogP contribution in [-0.4, -0.2) is 35.4 Å². The lowest BCUT2D eigenvalue weighted by Crippen LogP contribution is -2.21. The van der Waals surface area contributed by atoms with Crippen molar-refractivity contribution < 1.29 is 5.11 Å². The molecule has 22 heavy (non-hydrogen) atoms. The molecule has 0 radical (unpaired) electrons. The van der Waals surface area contributed by atoms with Gasteiger partial charge in [0, 0.05) is 36.4 Å². The molecule has 0 spiro atoms. The summed E-state index contributed by atoms with van der Waals surface area (Å²) in [6, 6.07) is 15.8. The maximum absolute atomic E-state index is 9.80. The number of nitrogens with zero attached hydrogens (tertiary/aromatic N) is 2. The van der Waals surface area contributed by atoms with Crippen LogP contribution < -0.4 is 0 Å². The van der Waals surface area contributed by atoms with Crippen LogP contribution in [0, 0.1) is 0 Å². The molecule has 2 aromatic carbocycles. The molecule has 0 saturated carbocycles. The van der Waals surface area contributed by atoms with Gasteiger partial charge in [0.05, 0.1) is 6.04 Å². The van der Waals surface area contributed by atoms with Gasteiger partial charge in [-0.05, 0) is 30.2 Å². The Kier molecular flexibility index (Phi) is 4.76. The zero-order chi connectivity index (χ0) is 15.4. The van der Waals surface area contributed by atoms with Crippen molar-refractivity contribution in [2.24, 2.45) is 4.99 Å². The molecule has 1 atom stereocenters. The predicted octanol–water partition coefficient (Wildman–Crippen LogP) is 3.74. The van der Waals surface area contributed by atoms with Crippen LogP contribution in [0.4, 0.5) is 0 Å². The molecule has 1 N–H and O–H groups in total. The third-order valence-electron chi connectivity index (χ3n) is 3.91. The number of hydrogen-bond donors (Lipinski definition) is 1. The molecule has 0 aliphatic carbocycles. The summed E-state index contributed by atoms with van der Waals surface area (Å²) in [6.07, 6.45) is 2.78. The van der Waals surface area contributed by atoms with Crippen molar-refractivity contribution in [3.63, 3.8) is 0 Å². The molecule has 1 saturated heterocycles. The quantitative estimate of drug-likeness (QED) is 0.873. The van der Waals surface area contributed by atoms with Gasteiger partial charge in [-0.2, -0.15) is 0 Å². The Bertz CT molecular complexity index is 657. The van der Waals surface area contributed by atoms with Crippen molar-refractivity contribution in [3.8, 4) is 5.75 Å². The lowest BCUT2D eigenvalue weighted by Gasteiger charge is -2.14. The first-order valence-electron chi connectivity index (χ1n) is 7.49. The van der Waals surface area contributed by atoms with Gasteiger partial charge in [-0.25, -0.2) is 0 Å². The smallest absolute Gasteiger partial charge is 0.124 e. The molecule has 1 fully saturated rings. The summed E-state index contributed by atoms with van der Waals surface area (Å²) < 4.78 is 0. The van der Waals surface area contributed by atoms with E-state index in [9.17, 15) is 5.11 Å². The van der Waals surface area contributed by atoms with E-state index in [4.69, 9.17) is 11.6 Å². The van der Waals surface area contributed by atoms with Gasteiger partial charge in [-0.1, -0.05) is 41.9 Å². The summed E-state index contributed by atoms with van der Waals surface area (Å²) in [5.41, 5.74) is 2.01. The number of phenols is 1. The molecule has 114 valence electrons. The standard InChI is InChI=1S/C18H19ClN2O/c19-16-6-7-18(22)15(10-16)11-20-17-8-9-21(13-17)12-14-4-2-1-3-5-14/h1-7,10-11,17,22H,8-9,12-13H2/t17-/m0/s1. The molecule has 3 rings (SSSR count). The Morgan fingerprint density at radius 2 is 2.05 bits per heavy atom. The van der Waals surface area contributed by atoms with E-state index in [0.717, 1.165) is 26.1 Å². The molecule has 3 nitrogen and oxygen atoms in total. The number of benzene rings is 2. The minimum atomic E-state index is 0.215. The van der Waals surface area contributed by atoms with Crippen LogP contribution in [0.1, 0.15) is 17.5 Å². The lowest BCUT2D eigenvalue weighted by atomic mass is 10.2. The van der Waals surface area contributed by atoms with Crippen LogP contribution in [0.3, 0.4) is 0 Å². The summed E-state index contributed by atoms with van der Waals surface area (Å²) in [5.74, 6) is 0.215. The van der Waals surface area contributed by atoms with Gasteiger partial charge in [-0.15, -0.1) is 0 Å². The molecule has 1 aliphatic rings. The third-order valence-corrected chi connectivity index (χ3v) is 4.15. The normalized spacial score (nSPS) is 19.0. The molecule has 0 amide bonds. The van der Waals surface area contributed by atoms with E-state index in [-0.39, 0.29) is 11.8 Å². The average Bonchev–Trinajstić information content (AvgIpc) is 2.97. The highest BCUT2D eigenvalue weighted by atomic mass is 35.5. The summed E-state index contributed by atoms with van der Waals surface area (Å²) in [5, 5.41) is 10.4. The summed E-state index contributed by atoms with van der Waals surface area (Å²) in [4.78, 5) is 7.01. The van der Waals surface area contributed by atoms with E-state index in [0.29, 0.717) is 10.6 Å². The molecule has 2 aromatic rings. The fourth-order valence-corrected chi connectivity index (χ4v) is 2.91. The summed E-state index contributed by atoms with van der Waals surface area (Å²) in [6.45, 7) is 2.97. The second-order valence-corrected chi connectivity index (χ2v) is 6.08. The van der Waals surface area contributed by atoms with Gasteiger partial charge in [0.2, 0.25) is 0 Å². The lowest BCUT2D eigenvalue weighted by molar-refractivity contribution is 0.327. The highest BCUT2D eigenvalue weighted by molar-refractivity contribution is 6.30. The zero-order valence-electron chi connectivity index (χ0n) is 12.3. The highest BCUT2D eigenvalue weighted by Gasteiger charge is 2.21. The van der Waals surface area contributed by atoms with Gasteiger partial charge in [-0.3, -0.25) is 9.89 Å². The topological polar surface area (TPSA) is 35.8 Å². The predicted molar refractivity (Wildman–Crippen MR) is 90.8 cm³/mol. The summed E-state index contributed by atoms with van der Waals surface area (Å²) in [7, 11) is 0. The molecule has 4 heteroatoms. The molecular weight excluding hydrogens is 296 g/mol. The molecule has 1 heterocycles. The largest absolute Gasteiger partial charge is 0.507 e. The minimum Gasteiger partial charge on any atom is -0.507 e. The Hall–Kier alpha value is -1.84. The Morgan fingerprint density at radius 3 is 2.86 bits per heavy atom. The van der Waals surface area contributed by atoms with E-state index in [1.807, 2.05) is 6.07 Å². The van der Waals surface area contributed by atoms with E-state index < -0.39 is 0 Å². The van der Waals surface area contributed by atoms with Crippen LogP contribution >= 0.6 is 11.6 Å². The Balaban J connectivity index is 1.59. The Labute approximate surface area is 135 Å². The number of hydrogen-bond acceptors (Lipinski definition) is 3. The first-order valence-corrected chi connectivity index (χ1v) is 7.86. The second kappa shape index (κ2) is 6.95. The van der Waals surface area contributed by atoms with Gasteiger partial charge in [0.25, 0.3) is 0 Å². The Morgan fingerprint density at radius 1 is 1.23 bits per heavy atom. The van der Waals surface area contributed by atoms with Crippen molar-refractivity contribution in [3.05, 3.63) is 64.7 Å². The maximum atomic E-state index is 9.80. The third kappa shape index (κ3) is 3.87. The highest BCUT2D eigenvalue weighted by Crippen LogP contribution is 2.21. The van der Waals surface area contributed by atoms with Crippen LogP contribution in [-0.2, 0) is 6.54 Å². The zero-order valence-corrected chi connectivity index (χ0v) is 13.1. The number of likely N-dealkylation sites (tertiary alicyclic amines) is 1. The van der Waals surface area contributed by atoms with Crippen molar-refractivity contribution in [2.75, 3.05) is 13.1 Å². The minimum absolute atomic E-state index is 0.215. The van der Waals surface area contributed by atoms with E-state index in [1.54, 1.807) is 24.4 Å². The number of rotatable bonds is 4. The van der Waals surface area contributed by atoms with Gasteiger partial charge < -0.3 is 5.11 Å². The average molecular weight is 315 g/mol. The van der Waals surface area contributed by atoms with E-state index >= 15 is 0 Å². The van der Waals surface area contributed by atoms with Crippen LogP contribution in [0.2, 0.25) is 5.02 Å². The van der Waals surface area contributed by atoms with E-state index in [1.165, 1.54) is 5.56 Å². The first-order chi connectivity index (χ1) is 10.7. The molecule has 1 aliphatic heterocycles. The molecule has 0 bridgehead atoms.